The van der Waals surface area contributed by atoms with Gasteiger partial charge < -0.3 is 10.6 Å². The molecule has 0 aromatic heterocycles. The van der Waals surface area contributed by atoms with E-state index in [0.29, 0.717) is 18.7 Å². The van der Waals surface area contributed by atoms with E-state index in [-0.39, 0.29) is 11.8 Å². The third-order valence-electron chi connectivity index (χ3n) is 3.75. The van der Waals surface area contributed by atoms with E-state index in [1.54, 1.807) is 11.8 Å². The minimum atomic E-state index is -2.87. The molecule has 112 valence electrons. The van der Waals surface area contributed by atoms with E-state index in [1.807, 2.05) is 19.2 Å². The van der Waals surface area contributed by atoms with Gasteiger partial charge in [0, 0.05) is 35.8 Å². The minimum Gasteiger partial charge on any atom is -0.370 e. The van der Waals surface area contributed by atoms with Crippen LogP contribution in [-0.2, 0) is 16.4 Å². The summed E-state index contributed by atoms with van der Waals surface area (Å²) in [6.45, 7) is 2.59. The number of rotatable bonds is 5. The Morgan fingerprint density at radius 1 is 1.45 bits per heavy atom. The fraction of sp³-hybridized carbons (Fsp3) is 0.571. The first-order valence-corrected chi connectivity index (χ1v) is 9.67. The molecule has 0 amide bonds. The fourth-order valence-electron chi connectivity index (χ4n) is 2.66. The van der Waals surface area contributed by atoms with Gasteiger partial charge in [-0.2, -0.15) is 0 Å². The molecule has 6 heteroatoms. The first-order chi connectivity index (χ1) is 9.48. The van der Waals surface area contributed by atoms with Crippen LogP contribution in [0.1, 0.15) is 18.9 Å². The molecular weight excluding hydrogens is 292 g/mol. The predicted molar refractivity (Wildman–Crippen MR) is 86.2 cm³/mol. The van der Waals surface area contributed by atoms with Crippen molar-refractivity contribution in [2.75, 3.05) is 29.2 Å². The van der Waals surface area contributed by atoms with Crippen LogP contribution in [-0.4, -0.2) is 38.8 Å². The van der Waals surface area contributed by atoms with Gasteiger partial charge in [0.15, 0.2) is 9.84 Å². The SMILES string of the molecule is CCSc1cccc(N(C)C2CCS(=O)(=O)C2)c1CN. The zero-order valence-corrected chi connectivity index (χ0v) is 13.6. The Morgan fingerprint density at radius 3 is 2.75 bits per heavy atom. The van der Waals surface area contributed by atoms with Gasteiger partial charge in [-0.25, -0.2) is 8.42 Å². The van der Waals surface area contributed by atoms with E-state index >= 15 is 0 Å². The van der Waals surface area contributed by atoms with Crippen molar-refractivity contribution in [2.24, 2.45) is 5.73 Å². The Bertz CT molecular complexity index is 573. The molecule has 0 bridgehead atoms. The molecule has 1 heterocycles. The molecule has 2 rings (SSSR count). The van der Waals surface area contributed by atoms with Crippen molar-refractivity contribution in [3.8, 4) is 0 Å². The van der Waals surface area contributed by atoms with Gasteiger partial charge in [0.2, 0.25) is 0 Å². The van der Waals surface area contributed by atoms with Crippen LogP contribution in [0.25, 0.3) is 0 Å². The molecule has 1 aliphatic rings. The lowest BCUT2D eigenvalue weighted by Crippen LogP contribution is -2.33. The van der Waals surface area contributed by atoms with Crippen LogP contribution in [0.4, 0.5) is 5.69 Å². The number of anilines is 1. The molecule has 0 radical (unpaired) electrons. The number of sulfone groups is 1. The number of hydrogen-bond donors (Lipinski definition) is 1. The molecule has 1 aromatic rings. The molecule has 1 unspecified atom stereocenters. The van der Waals surface area contributed by atoms with Crippen molar-refractivity contribution in [3.63, 3.8) is 0 Å². The monoisotopic (exact) mass is 314 g/mol. The minimum absolute atomic E-state index is 0.0622. The molecule has 0 saturated carbocycles. The summed E-state index contributed by atoms with van der Waals surface area (Å²) in [6, 6.07) is 6.20. The molecule has 0 spiro atoms. The van der Waals surface area contributed by atoms with Crippen molar-refractivity contribution in [3.05, 3.63) is 23.8 Å². The smallest absolute Gasteiger partial charge is 0.152 e. The second-order valence-corrected chi connectivity index (χ2v) is 8.59. The Labute approximate surface area is 125 Å². The van der Waals surface area contributed by atoms with E-state index in [9.17, 15) is 8.42 Å². The number of benzene rings is 1. The summed E-state index contributed by atoms with van der Waals surface area (Å²) in [7, 11) is -0.894. The number of nitrogens with zero attached hydrogens (tertiary/aromatic N) is 1. The van der Waals surface area contributed by atoms with Gasteiger partial charge >= 0.3 is 0 Å². The van der Waals surface area contributed by atoms with Gasteiger partial charge in [-0.3, -0.25) is 0 Å². The molecule has 2 N–H and O–H groups in total. The second kappa shape index (κ2) is 6.37. The molecule has 4 nitrogen and oxygen atoms in total. The van der Waals surface area contributed by atoms with Crippen molar-refractivity contribution < 1.29 is 8.42 Å². The summed E-state index contributed by atoms with van der Waals surface area (Å²) < 4.78 is 23.3. The highest BCUT2D eigenvalue weighted by atomic mass is 32.2. The lowest BCUT2D eigenvalue weighted by atomic mass is 10.1. The molecule has 0 aliphatic carbocycles. The van der Waals surface area contributed by atoms with Crippen LogP contribution < -0.4 is 10.6 Å². The third kappa shape index (κ3) is 3.30. The van der Waals surface area contributed by atoms with Crippen molar-refractivity contribution in [2.45, 2.75) is 30.8 Å². The first kappa shape index (κ1) is 15.7. The van der Waals surface area contributed by atoms with E-state index in [2.05, 4.69) is 17.9 Å². The van der Waals surface area contributed by atoms with Crippen LogP contribution in [0.2, 0.25) is 0 Å². The lowest BCUT2D eigenvalue weighted by molar-refractivity contribution is 0.600. The van der Waals surface area contributed by atoms with Crippen molar-refractivity contribution in [1.29, 1.82) is 0 Å². The summed E-state index contributed by atoms with van der Waals surface area (Å²) in [5.41, 5.74) is 8.09. The topological polar surface area (TPSA) is 63.4 Å². The van der Waals surface area contributed by atoms with Gasteiger partial charge in [-0.05, 0) is 24.3 Å². The fourth-order valence-corrected chi connectivity index (χ4v) is 5.28. The summed E-state index contributed by atoms with van der Waals surface area (Å²) in [4.78, 5) is 3.28. The maximum absolute atomic E-state index is 11.6. The van der Waals surface area contributed by atoms with Gasteiger partial charge in [0.25, 0.3) is 0 Å². The van der Waals surface area contributed by atoms with Crippen molar-refractivity contribution >= 4 is 27.3 Å². The Balaban J connectivity index is 2.30. The summed E-state index contributed by atoms with van der Waals surface area (Å²) >= 11 is 1.78. The van der Waals surface area contributed by atoms with Crippen molar-refractivity contribution in [1.82, 2.24) is 0 Å². The summed E-state index contributed by atoms with van der Waals surface area (Å²) in [5, 5.41) is 0. The normalized spacial score (nSPS) is 21.1. The van der Waals surface area contributed by atoms with E-state index in [4.69, 9.17) is 5.73 Å². The standard InChI is InChI=1S/C14H22N2O2S2/c1-3-19-14-6-4-5-13(12(14)9-15)16(2)11-7-8-20(17,18)10-11/h4-6,11H,3,7-10,15H2,1-2H3. The average molecular weight is 314 g/mol. The second-order valence-electron chi connectivity index (χ2n) is 5.06. The first-order valence-electron chi connectivity index (χ1n) is 6.86. The Kier molecular flexibility index (Phi) is 4.99. The molecule has 1 aromatic carbocycles. The highest BCUT2D eigenvalue weighted by molar-refractivity contribution is 7.99. The zero-order valence-electron chi connectivity index (χ0n) is 12.0. The summed E-state index contributed by atoms with van der Waals surface area (Å²) in [6.07, 6.45) is 0.702. The van der Waals surface area contributed by atoms with Crippen LogP contribution in [0.5, 0.6) is 0 Å². The molecule has 1 aliphatic heterocycles. The highest BCUT2D eigenvalue weighted by Crippen LogP contribution is 2.32. The molecule has 1 atom stereocenters. The third-order valence-corrected chi connectivity index (χ3v) is 6.48. The maximum Gasteiger partial charge on any atom is 0.152 e. The molecule has 20 heavy (non-hydrogen) atoms. The number of thioether (sulfide) groups is 1. The van der Waals surface area contributed by atoms with Crippen LogP contribution in [0.15, 0.2) is 23.1 Å². The average Bonchev–Trinajstić information content (AvgIpc) is 2.78. The van der Waals surface area contributed by atoms with E-state index in [0.717, 1.165) is 17.0 Å². The van der Waals surface area contributed by atoms with Crippen LogP contribution >= 0.6 is 11.8 Å². The van der Waals surface area contributed by atoms with Gasteiger partial charge in [-0.1, -0.05) is 13.0 Å². The highest BCUT2D eigenvalue weighted by Gasteiger charge is 2.31. The Hall–Kier alpha value is -0.720. The van der Waals surface area contributed by atoms with Gasteiger partial charge in [0.1, 0.15) is 0 Å². The largest absolute Gasteiger partial charge is 0.370 e. The van der Waals surface area contributed by atoms with E-state index in [1.165, 1.54) is 4.90 Å². The van der Waals surface area contributed by atoms with Gasteiger partial charge in [0.05, 0.1) is 11.5 Å². The molecular formula is C14H22N2O2S2. The lowest BCUT2D eigenvalue weighted by Gasteiger charge is -2.28. The van der Waals surface area contributed by atoms with Gasteiger partial charge in [-0.15, -0.1) is 11.8 Å². The summed E-state index contributed by atoms with van der Waals surface area (Å²) in [5.74, 6) is 1.54. The molecule has 1 saturated heterocycles. The van der Waals surface area contributed by atoms with E-state index < -0.39 is 9.84 Å². The van der Waals surface area contributed by atoms with Crippen LogP contribution in [0.3, 0.4) is 0 Å². The Morgan fingerprint density at radius 2 is 2.20 bits per heavy atom. The zero-order chi connectivity index (χ0) is 14.8. The predicted octanol–water partition coefficient (Wildman–Crippen LogP) is 1.88. The maximum atomic E-state index is 11.6. The number of nitrogens with two attached hydrogens (primary N) is 1. The molecule has 1 fully saturated rings. The van der Waals surface area contributed by atoms with Crippen LogP contribution in [0, 0.1) is 0 Å². The number of hydrogen-bond acceptors (Lipinski definition) is 5. The quantitative estimate of drug-likeness (QED) is 0.841.